The summed E-state index contributed by atoms with van der Waals surface area (Å²) in [6, 6.07) is 1.60. The van der Waals surface area contributed by atoms with Crippen LogP contribution in [0, 0.1) is 0 Å². The lowest BCUT2D eigenvalue weighted by Gasteiger charge is -2.32. The molecule has 13 heavy (non-hydrogen) atoms. The molecule has 0 aromatic heterocycles. The summed E-state index contributed by atoms with van der Waals surface area (Å²) in [6.07, 6.45) is 6.92. The summed E-state index contributed by atoms with van der Waals surface area (Å²) in [5.74, 6) is 0. The summed E-state index contributed by atoms with van der Waals surface area (Å²) in [6.45, 7) is 7.28. The third-order valence-corrected chi connectivity index (χ3v) is 3.50. The van der Waals surface area contributed by atoms with E-state index in [-0.39, 0.29) is 0 Å². The van der Waals surface area contributed by atoms with Crippen LogP contribution in [-0.4, -0.2) is 25.2 Å². The molecule has 0 aromatic carbocycles. The Balaban J connectivity index is 2.35. The number of hydrogen-bond donors (Lipinski definition) is 2. The zero-order valence-corrected chi connectivity index (χ0v) is 9.31. The van der Waals surface area contributed by atoms with Crippen LogP contribution in [0.5, 0.6) is 0 Å². The van der Waals surface area contributed by atoms with Gasteiger partial charge in [0.15, 0.2) is 0 Å². The molecule has 2 nitrogen and oxygen atoms in total. The Bertz CT molecular complexity index is 136. The van der Waals surface area contributed by atoms with Gasteiger partial charge in [-0.1, -0.05) is 13.8 Å². The fourth-order valence-electron chi connectivity index (χ4n) is 2.43. The van der Waals surface area contributed by atoms with E-state index in [9.17, 15) is 0 Å². The lowest BCUT2D eigenvalue weighted by atomic mass is 9.99. The first-order valence-electron chi connectivity index (χ1n) is 5.95. The third kappa shape index (κ3) is 3.28. The molecule has 1 aliphatic rings. The maximum atomic E-state index is 4.20. The first-order valence-corrected chi connectivity index (χ1v) is 5.95. The second kappa shape index (κ2) is 5.61. The van der Waals surface area contributed by atoms with E-state index in [4.69, 9.17) is 0 Å². The van der Waals surface area contributed by atoms with Crippen LogP contribution in [-0.2, 0) is 0 Å². The van der Waals surface area contributed by atoms with Crippen molar-refractivity contribution in [3.8, 4) is 0 Å². The number of nitrogens with one attached hydrogen (secondary N) is 1. The molecule has 0 aromatic rings. The van der Waals surface area contributed by atoms with E-state index < -0.39 is 0 Å². The van der Waals surface area contributed by atoms with Gasteiger partial charge in [0.1, 0.15) is 12.6 Å². The van der Waals surface area contributed by atoms with Crippen molar-refractivity contribution in [2.75, 3.05) is 13.1 Å². The maximum absolute atomic E-state index is 4.20. The van der Waals surface area contributed by atoms with Crippen LogP contribution >= 0.6 is 0 Å². The second-order valence-electron chi connectivity index (χ2n) is 4.49. The van der Waals surface area contributed by atoms with Crippen LogP contribution in [0.25, 0.3) is 0 Å². The highest BCUT2D eigenvalue weighted by Crippen LogP contribution is 2.05. The molecule has 0 spiro atoms. The van der Waals surface area contributed by atoms with Gasteiger partial charge in [-0.05, 0) is 25.7 Å². The summed E-state index contributed by atoms with van der Waals surface area (Å²) < 4.78 is 0. The van der Waals surface area contributed by atoms with Crippen molar-refractivity contribution in [3.05, 3.63) is 0 Å². The van der Waals surface area contributed by atoms with E-state index >= 15 is 0 Å². The molecular weight excluding hydrogens is 160 g/mol. The highest BCUT2D eigenvalue weighted by atomic mass is 15.2. The highest BCUT2D eigenvalue weighted by molar-refractivity contribution is 4.60. The van der Waals surface area contributed by atoms with Crippen LogP contribution in [0.4, 0.5) is 0 Å². The number of hydrogen-bond acceptors (Lipinski definition) is 0. The molecule has 1 saturated heterocycles. The van der Waals surface area contributed by atoms with Crippen molar-refractivity contribution in [2.24, 2.45) is 0 Å². The first-order chi connectivity index (χ1) is 6.27. The number of rotatable bonds is 4. The summed E-state index contributed by atoms with van der Waals surface area (Å²) in [4.78, 5) is 1.83. The molecule has 1 unspecified atom stereocenters. The van der Waals surface area contributed by atoms with Crippen molar-refractivity contribution in [1.29, 1.82) is 0 Å². The van der Waals surface area contributed by atoms with Gasteiger partial charge in [0, 0.05) is 6.42 Å². The van der Waals surface area contributed by atoms with E-state index in [1.54, 1.807) is 0 Å². The molecule has 0 radical (unpaired) electrons. The molecule has 1 rings (SSSR count). The molecule has 2 heteroatoms. The minimum Gasteiger partial charge on any atom is -0.350 e. The number of piperidine rings is 1. The zero-order chi connectivity index (χ0) is 9.68. The van der Waals surface area contributed by atoms with Gasteiger partial charge in [-0.2, -0.15) is 0 Å². The number of quaternary nitrogens is 2. The predicted molar refractivity (Wildman–Crippen MR) is 55.6 cm³/mol. The summed E-state index contributed by atoms with van der Waals surface area (Å²) >= 11 is 0. The minimum absolute atomic E-state index is 0.669. The van der Waals surface area contributed by atoms with Gasteiger partial charge >= 0.3 is 0 Å². The maximum Gasteiger partial charge on any atom is 0.134 e. The summed E-state index contributed by atoms with van der Waals surface area (Å²) in [7, 11) is 0. The molecule has 0 bridgehead atoms. The van der Waals surface area contributed by atoms with Crippen LogP contribution in [0.1, 0.15) is 46.0 Å². The fraction of sp³-hybridized carbons (Fsp3) is 1.00. The fourth-order valence-corrected chi connectivity index (χ4v) is 2.43. The Morgan fingerprint density at radius 2 is 2.15 bits per heavy atom. The Morgan fingerprint density at radius 1 is 1.38 bits per heavy atom. The van der Waals surface area contributed by atoms with E-state index in [1.807, 2.05) is 4.90 Å². The van der Waals surface area contributed by atoms with Crippen molar-refractivity contribution >= 4 is 0 Å². The van der Waals surface area contributed by atoms with Crippen molar-refractivity contribution < 1.29 is 10.6 Å². The van der Waals surface area contributed by atoms with Gasteiger partial charge in [0.2, 0.25) is 0 Å². The minimum atomic E-state index is 0.669. The topological polar surface area (TPSA) is 32.1 Å². The monoisotopic (exact) mass is 186 g/mol. The lowest BCUT2D eigenvalue weighted by molar-refractivity contribution is -0.939. The van der Waals surface area contributed by atoms with Crippen LogP contribution < -0.4 is 10.6 Å². The Labute approximate surface area is 82.5 Å². The molecule has 1 heterocycles. The Hall–Kier alpha value is -0.0800. The van der Waals surface area contributed by atoms with Crippen molar-refractivity contribution in [2.45, 2.75) is 58.0 Å². The molecule has 78 valence electrons. The summed E-state index contributed by atoms with van der Waals surface area (Å²) in [5.41, 5.74) is 4.20. The lowest BCUT2D eigenvalue weighted by Crippen LogP contribution is -3.18. The Kier molecular flexibility index (Phi) is 4.74. The van der Waals surface area contributed by atoms with Gasteiger partial charge in [-0.3, -0.25) is 0 Å². The van der Waals surface area contributed by atoms with Crippen LogP contribution in [0.2, 0.25) is 0 Å². The standard InChI is InChI=1S/C11H24N2/c1-3-10(12)9-13-8-6-5-7-11(13)4-2/h10-11H,3-9,12H2,1-2H3/p+2/t10-,11-/m1/s1. The first kappa shape index (κ1) is 11.0. The molecule has 1 fully saturated rings. The van der Waals surface area contributed by atoms with E-state index in [1.165, 1.54) is 45.2 Å². The normalized spacial score (nSPS) is 31.6. The molecule has 3 atom stereocenters. The van der Waals surface area contributed by atoms with Gasteiger partial charge in [0.25, 0.3) is 0 Å². The quantitative estimate of drug-likeness (QED) is 0.612. The molecular formula is C11H26N2+2. The molecule has 1 aliphatic heterocycles. The van der Waals surface area contributed by atoms with Crippen LogP contribution in [0.3, 0.4) is 0 Å². The SMILES string of the molecule is CC[C@@H]([NH3+])C[NH+]1CCCC[C@H]1CC. The van der Waals surface area contributed by atoms with Crippen LogP contribution in [0.15, 0.2) is 0 Å². The largest absolute Gasteiger partial charge is 0.350 e. The van der Waals surface area contributed by atoms with Gasteiger partial charge in [0.05, 0.1) is 12.6 Å². The van der Waals surface area contributed by atoms with E-state index in [2.05, 4.69) is 19.6 Å². The Morgan fingerprint density at radius 3 is 2.77 bits per heavy atom. The average molecular weight is 186 g/mol. The second-order valence-corrected chi connectivity index (χ2v) is 4.49. The van der Waals surface area contributed by atoms with E-state index in [0.29, 0.717) is 6.04 Å². The van der Waals surface area contributed by atoms with E-state index in [0.717, 1.165) is 6.04 Å². The van der Waals surface area contributed by atoms with Crippen molar-refractivity contribution in [1.82, 2.24) is 0 Å². The zero-order valence-electron chi connectivity index (χ0n) is 9.31. The molecule has 0 aliphatic carbocycles. The van der Waals surface area contributed by atoms with Crippen molar-refractivity contribution in [3.63, 3.8) is 0 Å². The average Bonchev–Trinajstić information content (AvgIpc) is 2.18. The number of likely N-dealkylation sites (tertiary alicyclic amines) is 1. The smallest absolute Gasteiger partial charge is 0.134 e. The molecule has 0 amide bonds. The van der Waals surface area contributed by atoms with Gasteiger partial charge in [-0.15, -0.1) is 0 Å². The van der Waals surface area contributed by atoms with Gasteiger partial charge < -0.3 is 10.6 Å². The third-order valence-electron chi connectivity index (χ3n) is 3.50. The molecule has 4 N–H and O–H groups in total. The van der Waals surface area contributed by atoms with Gasteiger partial charge in [-0.25, -0.2) is 0 Å². The molecule has 0 saturated carbocycles. The summed E-state index contributed by atoms with van der Waals surface area (Å²) in [5, 5.41) is 0. The predicted octanol–water partition coefficient (Wildman–Crippen LogP) is -0.146. The highest BCUT2D eigenvalue weighted by Gasteiger charge is 2.26.